The van der Waals surface area contributed by atoms with Crippen LogP contribution in [0, 0.1) is 0 Å². The lowest BCUT2D eigenvalue weighted by molar-refractivity contribution is 0.199. The zero-order chi connectivity index (χ0) is 8.04. The molecule has 0 radical (unpaired) electrons. The van der Waals surface area contributed by atoms with Gasteiger partial charge in [0.2, 0.25) is 0 Å². The summed E-state index contributed by atoms with van der Waals surface area (Å²) in [5.41, 5.74) is 0. The van der Waals surface area contributed by atoms with Crippen molar-refractivity contribution in [1.29, 1.82) is 0 Å². The van der Waals surface area contributed by atoms with Crippen LogP contribution in [0.3, 0.4) is 0 Å². The van der Waals surface area contributed by atoms with E-state index in [1.165, 1.54) is 0 Å². The number of thioether (sulfide) groups is 1. The topological polar surface area (TPSA) is 63.6 Å². The SMILES string of the molecule is CCOCSCS(=O)(=O)O. The van der Waals surface area contributed by atoms with Crippen LogP contribution in [-0.4, -0.2) is 30.6 Å². The number of rotatable bonds is 5. The van der Waals surface area contributed by atoms with E-state index in [4.69, 9.17) is 9.29 Å². The van der Waals surface area contributed by atoms with Gasteiger partial charge in [0.25, 0.3) is 10.1 Å². The van der Waals surface area contributed by atoms with E-state index in [1.54, 1.807) is 0 Å². The Bertz CT molecular complexity index is 162. The molecule has 6 heteroatoms. The molecule has 62 valence electrons. The van der Waals surface area contributed by atoms with Gasteiger partial charge in [0.15, 0.2) is 0 Å². The van der Waals surface area contributed by atoms with Crippen molar-refractivity contribution in [1.82, 2.24) is 0 Å². The highest BCUT2D eigenvalue weighted by Gasteiger charge is 2.02. The quantitative estimate of drug-likeness (QED) is 0.386. The van der Waals surface area contributed by atoms with Crippen LogP contribution in [0.2, 0.25) is 0 Å². The van der Waals surface area contributed by atoms with E-state index < -0.39 is 10.1 Å². The van der Waals surface area contributed by atoms with Gasteiger partial charge in [-0.2, -0.15) is 8.42 Å². The average Bonchev–Trinajstić information content (AvgIpc) is 1.78. The predicted octanol–water partition coefficient (Wildman–Crippen LogP) is 0.559. The summed E-state index contributed by atoms with van der Waals surface area (Å²) >= 11 is 1.02. The molecule has 0 spiro atoms. The second kappa shape index (κ2) is 4.95. The molecule has 0 rings (SSSR count). The van der Waals surface area contributed by atoms with Gasteiger partial charge in [0, 0.05) is 6.61 Å². The molecule has 0 aromatic carbocycles. The fraction of sp³-hybridized carbons (Fsp3) is 1.00. The highest BCUT2D eigenvalue weighted by atomic mass is 32.3. The van der Waals surface area contributed by atoms with Crippen molar-refractivity contribution in [2.75, 3.05) is 17.6 Å². The van der Waals surface area contributed by atoms with Gasteiger partial charge >= 0.3 is 0 Å². The maximum absolute atomic E-state index is 10.1. The maximum Gasteiger partial charge on any atom is 0.274 e. The molecule has 1 N–H and O–H groups in total. The Hall–Kier alpha value is 0.220. The van der Waals surface area contributed by atoms with Gasteiger partial charge in [-0.05, 0) is 6.92 Å². The first-order valence-corrected chi connectivity index (χ1v) is 5.43. The van der Waals surface area contributed by atoms with Crippen LogP contribution in [0.15, 0.2) is 0 Å². The molecule has 0 aliphatic heterocycles. The lowest BCUT2D eigenvalue weighted by Gasteiger charge is -1.97. The number of hydrogen-bond donors (Lipinski definition) is 1. The summed E-state index contributed by atoms with van der Waals surface area (Å²) in [6.45, 7) is 2.37. The minimum atomic E-state index is -3.82. The third kappa shape index (κ3) is 8.22. The molecule has 0 aromatic heterocycles. The van der Waals surface area contributed by atoms with Crippen LogP contribution in [-0.2, 0) is 14.9 Å². The van der Waals surface area contributed by atoms with E-state index >= 15 is 0 Å². The summed E-state index contributed by atoms with van der Waals surface area (Å²) in [6, 6.07) is 0. The summed E-state index contributed by atoms with van der Waals surface area (Å²) < 4.78 is 33.2. The Balaban J connectivity index is 3.21. The second-order valence-electron chi connectivity index (χ2n) is 1.51. The molecular weight excluding hydrogens is 176 g/mol. The molecule has 0 fully saturated rings. The van der Waals surface area contributed by atoms with E-state index in [-0.39, 0.29) is 5.08 Å². The third-order valence-electron chi connectivity index (χ3n) is 0.603. The Kier molecular flexibility index (Phi) is 5.06. The van der Waals surface area contributed by atoms with Crippen molar-refractivity contribution in [3.8, 4) is 0 Å². The molecule has 0 heterocycles. The summed E-state index contributed by atoms with van der Waals surface area (Å²) in [7, 11) is -3.82. The van der Waals surface area contributed by atoms with Gasteiger partial charge in [-0.15, -0.1) is 11.8 Å². The third-order valence-corrected chi connectivity index (χ3v) is 2.79. The van der Waals surface area contributed by atoms with Crippen LogP contribution in [0.5, 0.6) is 0 Å². The summed E-state index contributed by atoms with van der Waals surface area (Å²) in [4.78, 5) is 0. The Morgan fingerprint density at radius 2 is 2.20 bits per heavy atom. The van der Waals surface area contributed by atoms with Crippen molar-refractivity contribution >= 4 is 21.9 Å². The van der Waals surface area contributed by atoms with E-state index in [9.17, 15) is 8.42 Å². The van der Waals surface area contributed by atoms with Gasteiger partial charge in [-0.3, -0.25) is 4.55 Å². The Labute approximate surface area is 64.7 Å². The van der Waals surface area contributed by atoms with Crippen LogP contribution in [0.1, 0.15) is 6.92 Å². The molecule has 4 nitrogen and oxygen atoms in total. The smallest absolute Gasteiger partial charge is 0.274 e. The van der Waals surface area contributed by atoms with Crippen molar-refractivity contribution in [2.24, 2.45) is 0 Å². The van der Waals surface area contributed by atoms with Crippen LogP contribution < -0.4 is 0 Å². The van der Waals surface area contributed by atoms with E-state index in [0.717, 1.165) is 11.8 Å². The monoisotopic (exact) mass is 186 g/mol. The molecule has 0 aromatic rings. The summed E-state index contributed by atoms with van der Waals surface area (Å²) in [6.07, 6.45) is 0. The van der Waals surface area contributed by atoms with Crippen molar-refractivity contribution in [2.45, 2.75) is 6.92 Å². The fourth-order valence-corrected chi connectivity index (χ4v) is 1.68. The molecule has 0 unspecified atom stereocenters. The standard InChI is InChI=1S/C4H10O4S2/c1-2-8-3-9-4-10(5,6)7/h2-4H2,1H3,(H,5,6,7). The van der Waals surface area contributed by atoms with Gasteiger partial charge in [0.05, 0.1) is 5.94 Å². The van der Waals surface area contributed by atoms with Crippen LogP contribution >= 0.6 is 11.8 Å². The lowest BCUT2D eigenvalue weighted by atomic mass is 10.9. The van der Waals surface area contributed by atoms with Gasteiger partial charge < -0.3 is 4.74 Å². The molecule has 0 atom stereocenters. The largest absolute Gasteiger partial charge is 0.371 e. The molecule has 0 bridgehead atoms. The highest BCUT2D eigenvalue weighted by Crippen LogP contribution is 2.03. The highest BCUT2D eigenvalue weighted by molar-refractivity contribution is 8.10. The first kappa shape index (κ1) is 10.2. The van der Waals surface area contributed by atoms with Crippen LogP contribution in [0.4, 0.5) is 0 Å². The first-order chi connectivity index (χ1) is 4.56. The lowest BCUT2D eigenvalue weighted by Crippen LogP contribution is -2.01. The van der Waals surface area contributed by atoms with Crippen molar-refractivity contribution in [3.05, 3.63) is 0 Å². The number of ether oxygens (including phenoxy) is 1. The minimum Gasteiger partial charge on any atom is -0.371 e. The van der Waals surface area contributed by atoms with Gasteiger partial charge in [0.1, 0.15) is 5.08 Å². The van der Waals surface area contributed by atoms with E-state index in [1.807, 2.05) is 6.92 Å². The molecule has 0 saturated carbocycles. The molecule has 0 aliphatic carbocycles. The normalized spacial score (nSPS) is 11.8. The fourth-order valence-electron chi connectivity index (χ4n) is 0.282. The maximum atomic E-state index is 10.1. The Morgan fingerprint density at radius 1 is 1.60 bits per heavy atom. The molecule has 10 heavy (non-hydrogen) atoms. The van der Waals surface area contributed by atoms with E-state index in [2.05, 4.69) is 0 Å². The van der Waals surface area contributed by atoms with Crippen LogP contribution in [0.25, 0.3) is 0 Å². The van der Waals surface area contributed by atoms with Crippen molar-refractivity contribution < 1.29 is 17.7 Å². The second-order valence-corrected chi connectivity index (χ2v) is 4.27. The molecule has 0 amide bonds. The summed E-state index contributed by atoms with van der Waals surface area (Å²) in [5, 5.41) is -0.299. The molecule has 0 saturated heterocycles. The van der Waals surface area contributed by atoms with Gasteiger partial charge in [-0.1, -0.05) is 0 Å². The number of hydrogen-bond acceptors (Lipinski definition) is 4. The Morgan fingerprint density at radius 3 is 2.60 bits per heavy atom. The predicted molar refractivity (Wildman–Crippen MR) is 40.5 cm³/mol. The van der Waals surface area contributed by atoms with Gasteiger partial charge in [-0.25, -0.2) is 0 Å². The molecule has 0 aliphatic rings. The van der Waals surface area contributed by atoms with E-state index in [0.29, 0.717) is 12.5 Å². The zero-order valence-electron chi connectivity index (χ0n) is 5.61. The summed E-state index contributed by atoms with van der Waals surface area (Å²) in [5.74, 6) is 0.302. The zero-order valence-corrected chi connectivity index (χ0v) is 7.24. The average molecular weight is 186 g/mol. The molecular formula is C4H10O4S2. The van der Waals surface area contributed by atoms with Crippen molar-refractivity contribution in [3.63, 3.8) is 0 Å². The first-order valence-electron chi connectivity index (χ1n) is 2.67. The minimum absolute atomic E-state index is 0.299.